The molecule has 8 heteroatoms. The minimum Gasteiger partial charge on any atom is -0.353 e. The summed E-state index contributed by atoms with van der Waals surface area (Å²) in [7, 11) is 0. The number of thiophene rings is 1. The maximum absolute atomic E-state index is 13.1. The smallest absolute Gasteiger partial charge is 0.272 e. The number of amides is 1. The molecular formula is C26H26ClN3O2S2. The van der Waals surface area contributed by atoms with Crippen molar-refractivity contribution in [2.45, 2.75) is 43.9 Å². The Labute approximate surface area is 212 Å². The lowest BCUT2D eigenvalue weighted by atomic mass is 10.1. The number of hydrogen-bond donors (Lipinski definition) is 1. The zero-order valence-electron chi connectivity index (χ0n) is 18.9. The third kappa shape index (κ3) is 6.50. The minimum atomic E-state index is -0.0619. The zero-order chi connectivity index (χ0) is 23.9. The van der Waals surface area contributed by atoms with E-state index in [1.807, 2.05) is 60.8 Å². The van der Waals surface area contributed by atoms with Crippen molar-refractivity contribution < 1.29 is 4.79 Å². The molecule has 34 heavy (non-hydrogen) atoms. The van der Waals surface area contributed by atoms with Crippen molar-refractivity contribution in [2.24, 2.45) is 0 Å². The van der Waals surface area contributed by atoms with Gasteiger partial charge in [-0.3, -0.25) is 14.2 Å². The van der Waals surface area contributed by atoms with E-state index >= 15 is 0 Å². The number of nitrogens with zero attached hydrogens (tertiary/aromatic N) is 2. The predicted molar refractivity (Wildman–Crippen MR) is 142 cm³/mol. The lowest BCUT2D eigenvalue weighted by Gasteiger charge is -2.15. The number of hydrogen-bond acceptors (Lipinski definition) is 5. The maximum atomic E-state index is 13.1. The summed E-state index contributed by atoms with van der Waals surface area (Å²) in [5, 5.41) is 6.19. The average molecular weight is 512 g/mol. The van der Waals surface area contributed by atoms with Crippen LogP contribution in [-0.2, 0) is 24.2 Å². The molecule has 4 aromatic rings. The molecular weight excluding hydrogens is 486 g/mol. The zero-order valence-corrected chi connectivity index (χ0v) is 21.3. The highest BCUT2D eigenvalue weighted by molar-refractivity contribution is 7.99. The molecule has 0 saturated heterocycles. The molecule has 2 aromatic carbocycles. The van der Waals surface area contributed by atoms with Crippen LogP contribution in [0.25, 0.3) is 10.2 Å². The van der Waals surface area contributed by atoms with E-state index in [9.17, 15) is 9.59 Å². The van der Waals surface area contributed by atoms with E-state index in [2.05, 4.69) is 22.4 Å². The van der Waals surface area contributed by atoms with E-state index in [0.29, 0.717) is 33.4 Å². The largest absolute Gasteiger partial charge is 0.353 e. The number of aromatic nitrogens is 2. The van der Waals surface area contributed by atoms with Gasteiger partial charge in [0.25, 0.3) is 5.56 Å². The fraction of sp³-hybridized carbons (Fsp3) is 0.269. The van der Waals surface area contributed by atoms with Crippen LogP contribution in [0.1, 0.15) is 24.5 Å². The topological polar surface area (TPSA) is 64.0 Å². The van der Waals surface area contributed by atoms with Gasteiger partial charge in [-0.15, -0.1) is 11.3 Å². The van der Waals surface area contributed by atoms with Gasteiger partial charge >= 0.3 is 0 Å². The second kappa shape index (κ2) is 11.7. The Kier molecular flexibility index (Phi) is 8.43. The van der Waals surface area contributed by atoms with Gasteiger partial charge < -0.3 is 5.32 Å². The lowest BCUT2D eigenvalue weighted by molar-refractivity contribution is -0.119. The summed E-state index contributed by atoms with van der Waals surface area (Å²) in [5.41, 5.74) is 2.96. The SMILES string of the molecule is CC(CCc1ccccc1)NC(=O)CSc1nc2ccsc2c(=O)n1CCc1ccc(Cl)cc1. The first-order valence-electron chi connectivity index (χ1n) is 11.2. The number of rotatable bonds is 10. The van der Waals surface area contributed by atoms with Gasteiger partial charge in [-0.2, -0.15) is 0 Å². The Morgan fingerprint density at radius 2 is 1.82 bits per heavy atom. The molecule has 5 nitrogen and oxygen atoms in total. The maximum Gasteiger partial charge on any atom is 0.272 e. The van der Waals surface area contributed by atoms with E-state index in [-0.39, 0.29) is 23.3 Å². The van der Waals surface area contributed by atoms with Gasteiger partial charge in [-0.25, -0.2) is 4.98 Å². The molecule has 1 atom stereocenters. The van der Waals surface area contributed by atoms with Crippen molar-refractivity contribution >= 4 is 50.8 Å². The molecule has 0 aliphatic carbocycles. The summed E-state index contributed by atoms with van der Waals surface area (Å²) in [6.07, 6.45) is 2.45. The van der Waals surface area contributed by atoms with Crippen molar-refractivity contribution in [1.29, 1.82) is 0 Å². The quantitative estimate of drug-likeness (QED) is 0.223. The third-order valence-electron chi connectivity index (χ3n) is 5.52. The molecule has 1 unspecified atom stereocenters. The van der Waals surface area contributed by atoms with E-state index < -0.39 is 0 Å². The molecule has 4 rings (SSSR count). The summed E-state index contributed by atoms with van der Waals surface area (Å²) in [6, 6.07) is 19.8. The molecule has 0 spiro atoms. The first-order valence-corrected chi connectivity index (χ1v) is 13.4. The Bertz CT molecular complexity index is 1300. The molecule has 1 N–H and O–H groups in total. The number of fused-ring (bicyclic) bond motifs is 1. The number of thioether (sulfide) groups is 1. The normalized spacial score (nSPS) is 12.1. The van der Waals surface area contributed by atoms with Crippen LogP contribution < -0.4 is 10.9 Å². The summed E-state index contributed by atoms with van der Waals surface area (Å²) >= 11 is 8.68. The Morgan fingerprint density at radius 1 is 1.09 bits per heavy atom. The van der Waals surface area contributed by atoms with Gasteiger partial charge in [0.15, 0.2) is 5.16 Å². The number of carbonyl (C=O) groups excluding carboxylic acids is 1. The fourth-order valence-electron chi connectivity index (χ4n) is 3.67. The van der Waals surface area contributed by atoms with Crippen LogP contribution in [0.5, 0.6) is 0 Å². The van der Waals surface area contributed by atoms with Crippen molar-refractivity contribution in [1.82, 2.24) is 14.9 Å². The van der Waals surface area contributed by atoms with Crippen LogP contribution in [0.3, 0.4) is 0 Å². The number of aryl methyl sites for hydroxylation is 2. The van der Waals surface area contributed by atoms with E-state index in [0.717, 1.165) is 18.4 Å². The van der Waals surface area contributed by atoms with Crippen molar-refractivity contribution in [2.75, 3.05) is 5.75 Å². The molecule has 176 valence electrons. The fourth-order valence-corrected chi connectivity index (χ4v) is 5.41. The molecule has 0 fully saturated rings. The van der Waals surface area contributed by atoms with E-state index in [1.54, 1.807) is 4.57 Å². The highest BCUT2D eigenvalue weighted by Gasteiger charge is 2.15. The molecule has 2 heterocycles. The van der Waals surface area contributed by atoms with Crippen LogP contribution in [0.4, 0.5) is 0 Å². The number of halogens is 1. The summed E-state index contributed by atoms with van der Waals surface area (Å²) in [6.45, 7) is 2.50. The average Bonchev–Trinajstić information content (AvgIpc) is 3.32. The van der Waals surface area contributed by atoms with Gasteiger partial charge in [0, 0.05) is 17.6 Å². The second-order valence-electron chi connectivity index (χ2n) is 8.14. The van der Waals surface area contributed by atoms with Gasteiger partial charge in [0.05, 0.1) is 11.3 Å². The first kappa shape index (κ1) is 24.5. The van der Waals surface area contributed by atoms with Gasteiger partial charge in [0.1, 0.15) is 4.70 Å². The summed E-state index contributed by atoms with van der Waals surface area (Å²) in [4.78, 5) is 30.4. The van der Waals surface area contributed by atoms with Gasteiger partial charge in [0.2, 0.25) is 5.91 Å². The highest BCUT2D eigenvalue weighted by atomic mass is 35.5. The van der Waals surface area contributed by atoms with Crippen LogP contribution in [0, 0.1) is 0 Å². The third-order valence-corrected chi connectivity index (χ3v) is 7.64. The molecule has 0 aliphatic rings. The summed E-state index contributed by atoms with van der Waals surface area (Å²) in [5.74, 6) is 0.146. The van der Waals surface area contributed by atoms with Crippen LogP contribution >= 0.6 is 34.7 Å². The number of carbonyl (C=O) groups is 1. The molecule has 1 amide bonds. The van der Waals surface area contributed by atoms with Crippen LogP contribution in [0.2, 0.25) is 5.02 Å². The van der Waals surface area contributed by atoms with Crippen LogP contribution in [0.15, 0.2) is 76.0 Å². The van der Waals surface area contributed by atoms with Crippen LogP contribution in [-0.4, -0.2) is 27.3 Å². The molecule has 0 bridgehead atoms. The standard InChI is InChI=1S/C26H26ClN3O2S2/c1-18(7-8-19-5-3-2-4-6-19)28-23(31)17-34-26-29-22-14-16-33-24(22)25(32)30(26)15-13-20-9-11-21(27)12-10-20/h2-6,9-12,14,16,18H,7-8,13,15,17H2,1H3,(H,28,31). The number of nitrogens with one attached hydrogen (secondary N) is 1. The molecule has 0 saturated carbocycles. The number of benzene rings is 2. The van der Waals surface area contributed by atoms with Crippen molar-refractivity contribution in [3.05, 3.63) is 92.5 Å². The Hall–Kier alpha value is -2.61. The van der Waals surface area contributed by atoms with E-state index in [4.69, 9.17) is 11.6 Å². The van der Waals surface area contributed by atoms with Crippen molar-refractivity contribution in [3.8, 4) is 0 Å². The monoisotopic (exact) mass is 511 g/mol. The molecule has 2 aromatic heterocycles. The van der Waals surface area contributed by atoms with Gasteiger partial charge in [-0.1, -0.05) is 65.8 Å². The summed E-state index contributed by atoms with van der Waals surface area (Å²) < 4.78 is 2.32. The molecule has 0 radical (unpaired) electrons. The Morgan fingerprint density at radius 3 is 2.59 bits per heavy atom. The Balaban J connectivity index is 1.40. The van der Waals surface area contributed by atoms with Gasteiger partial charge in [-0.05, 0) is 60.9 Å². The lowest BCUT2D eigenvalue weighted by Crippen LogP contribution is -2.34. The minimum absolute atomic E-state index is 0.0607. The predicted octanol–water partition coefficient (Wildman–Crippen LogP) is 5.58. The molecule has 0 aliphatic heterocycles. The van der Waals surface area contributed by atoms with Crippen molar-refractivity contribution in [3.63, 3.8) is 0 Å². The highest BCUT2D eigenvalue weighted by Crippen LogP contribution is 2.21. The second-order valence-corrected chi connectivity index (χ2v) is 10.4. The first-order chi connectivity index (χ1) is 16.5. The van der Waals surface area contributed by atoms with E-state index in [1.165, 1.54) is 28.7 Å².